The number of aryl methyl sites for hydroxylation is 1. The minimum atomic E-state index is -0.282. The van der Waals surface area contributed by atoms with E-state index < -0.39 is 0 Å². The Hall–Kier alpha value is -3.27. The second kappa shape index (κ2) is 7.16. The lowest BCUT2D eigenvalue weighted by atomic mass is 9.86. The van der Waals surface area contributed by atoms with Crippen LogP contribution < -0.4 is 0 Å². The molecule has 2 aromatic heterocycles. The van der Waals surface area contributed by atoms with E-state index in [0.29, 0.717) is 11.9 Å². The maximum atomic E-state index is 13.4. The summed E-state index contributed by atoms with van der Waals surface area (Å²) in [5, 5.41) is 11.8. The zero-order chi connectivity index (χ0) is 18.8. The van der Waals surface area contributed by atoms with Crippen LogP contribution in [-0.4, -0.2) is 15.1 Å². The number of phenols is 1. The molecule has 2 heterocycles. The van der Waals surface area contributed by atoms with Crippen LogP contribution >= 0.6 is 0 Å². The van der Waals surface area contributed by atoms with Gasteiger partial charge in [0, 0.05) is 40.9 Å². The van der Waals surface area contributed by atoms with Crippen LogP contribution in [0.4, 0.5) is 4.39 Å². The number of pyridine rings is 2. The number of nitrogens with zero attached hydrogens (tertiary/aromatic N) is 2. The Morgan fingerprint density at radius 3 is 2.56 bits per heavy atom. The third-order valence-corrected chi connectivity index (χ3v) is 4.79. The lowest BCUT2D eigenvalue weighted by Gasteiger charge is -2.20. The van der Waals surface area contributed by atoms with Crippen molar-refractivity contribution in [2.24, 2.45) is 0 Å². The van der Waals surface area contributed by atoms with Crippen LogP contribution in [0.2, 0.25) is 0 Å². The van der Waals surface area contributed by atoms with Gasteiger partial charge in [-0.05, 0) is 42.8 Å². The van der Waals surface area contributed by atoms with Gasteiger partial charge in [-0.2, -0.15) is 0 Å². The smallest absolute Gasteiger partial charge is 0.145 e. The molecule has 0 fully saturated rings. The number of benzene rings is 2. The van der Waals surface area contributed by atoms with Gasteiger partial charge in [-0.1, -0.05) is 36.4 Å². The molecular formula is C23H19FN2O. The normalized spacial score (nSPS) is 12.2. The Morgan fingerprint density at radius 1 is 0.963 bits per heavy atom. The van der Waals surface area contributed by atoms with Crippen molar-refractivity contribution in [1.82, 2.24) is 9.97 Å². The average Bonchev–Trinajstić information content (AvgIpc) is 2.68. The average molecular weight is 358 g/mol. The van der Waals surface area contributed by atoms with E-state index in [0.717, 1.165) is 27.9 Å². The third kappa shape index (κ3) is 3.51. The SMILES string of the molecule is Cc1cccc(CC(c2ccc(F)cc2)c2ccc3cccnc3c2O)n1. The summed E-state index contributed by atoms with van der Waals surface area (Å²) in [5.74, 6) is -0.281. The topological polar surface area (TPSA) is 46.0 Å². The van der Waals surface area contributed by atoms with Crippen molar-refractivity contribution in [3.63, 3.8) is 0 Å². The number of halogens is 1. The van der Waals surface area contributed by atoms with Crippen molar-refractivity contribution in [2.75, 3.05) is 0 Å². The summed E-state index contributed by atoms with van der Waals surface area (Å²) in [6.45, 7) is 1.95. The molecule has 0 bridgehead atoms. The van der Waals surface area contributed by atoms with Gasteiger partial charge in [0.25, 0.3) is 0 Å². The summed E-state index contributed by atoms with van der Waals surface area (Å²) in [5.41, 5.74) is 4.11. The van der Waals surface area contributed by atoms with Crippen LogP contribution in [0, 0.1) is 12.7 Å². The highest BCUT2D eigenvalue weighted by Crippen LogP contribution is 2.37. The Balaban J connectivity index is 1.84. The lowest BCUT2D eigenvalue weighted by molar-refractivity contribution is 0.469. The molecule has 0 saturated carbocycles. The fourth-order valence-electron chi connectivity index (χ4n) is 3.45. The molecular weight excluding hydrogens is 339 g/mol. The maximum absolute atomic E-state index is 13.4. The summed E-state index contributed by atoms with van der Waals surface area (Å²) in [6, 6.07) is 20.0. The molecule has 0 saturated heterocycles. The number of fused-ring (bicyclic) bond motifs is 1. The van der Waals surface area contributed by atoms with Crippen molar-refractivity contribution < 1.29 is 9.50 Å². The molecule has 1 N–H and O–H groups in total. The van der Waals surface area contributed by atoms with E-state index in [-0.39, 0.29) is 17.5 Å². The molecule has 4 rings (SSSR count). The zero-order valence-corrected chi connectivity index (χ0v) is 14.9. The number of hydrogen-bond acceptors (Lipinski definition) is 3. The van der Waals surface area contributed by atoms with E-state index in [1.54, 1.807) is 18.3 Å². The minimum Gasteiger partial charge on any atom is -0.505 e. The van der Waals surface area contributed by atoms with Gasteiger partial charge in [0.15, 0.2) is 0 Å². The molecule has 0 spiro atoms. The van der Waals surface area contributed by atoms with Crippen LogP contribution in [0.25, 0.3) is 10.9 Å². The van der Waals surface area contributed by atoms with Crippen molar-refractivity contribution in [3.05, 3.63) is 101 Å². The molecule has 0 amide bonds. The molecule has 1 unspecified atom stereocenters. The van der Waals surface area contributed by atoms with Crippen molar-refractivity contribution in [3.8, 4) is 5.75 Å². The quantitative estimate of drug-likeness (QED) is 0.548. The summed E-state index contributed by atoms with van der Waals surface area (Å²) in [7, 11) is 0. The van der Waals surface area contributed by atoms with Gasteiger partial charge < -0.3 is 5.11 Å². The summed E-state index contributed by atoms with van der Waals surface area (Å²) >= 11 is 0. The zero-order valence-electron chi connectivity index (χ0n) is 14.9. The van der Waals surface area contributed by atoms with Crippen LogP contribution in [-0.2, 0) is 6.42 Å². The van der Waals surface area contributed by atoms with Crippen LogP contribution in [0.15, 0.2) is 72.9 Å². The van der Waals surface area contributed by atoms with Gasteiger partial charge in [-0.25, -0.2) is 4.39 Å². The van der Waals surface area contributed by atoms with Gasteiger partial charge in [0.05, 0.1) is 0 Å². The molecule has 0 radical (unpaired) electrons. The predicted octanol–water partition coefficient (Wildman–Crippen LogP) is 5.16. The first-order valence-corrected chi connectivity index (χ1v) is 8.86. The molecule has 3 nitrogen and oxygen atoms in total. The summed E-state index contributed by atoms with van der Waals surface area (Å²) in [6.07, 6.45) is 2.26. The highest BCUT2D eigenvalue weighted by Gasteiger charge is 2.21. The van der Waals surface area contributed by atoms with Gasteiger partial charge >= 0.3 is 0 Å². The molecule has 4 heteroatoms. The second-order valence-electron chi connectivity index (χ2n) is 6.66. The van der Waals surface area contributed by atoms with Gasteiger partial charge in [0.1, 0.15) is 17.1 Å². The number of aromatic nitrogens is 2. The minimum absolute atomic E-state index is 0.161. The monoisotopic (exact) mass is 358 g/mol. The number of aromatic hydroxyl groups is 1. The molecule has 0 aliphatic carbocycles. The molecule has 0 aliphatic heterocycles. The van der Waals surface area contributed by atoms with E-state index in [9.17, 15) is 9.50 Å². The fourth-order valence-corrected chi connectivity index (χ4v) is 3.45. The van der Waals surface area contributed by atoms with Crippen LogP contribution in [0.5, 0.6) is 5.75 Å². The molecule has 27 heavy (non-hydrogen) atoms. The summed E-state index contributed by atoms with van der Waals surface area (Å²) in [4.78, 5) is 8.93. The van der Waals surface area contributed by atoms with Crippen LogP contribution in [0.3, 0.4) is 0 Å². The van der Waals surface area contributed by atoms with Crippen molar-refractivity contribution in [1.29, 1.82) is 0 Å². The Bertz CT molecular complexity index is 1090. The Kier molecular flexibility index (Phi) is 4.55. The van der Waals surface area contributed by atoms with E-state index >= 15 is 0 Å². The van der Waals surface area contributed by atoms with Crippen molar-refractivity contribution in [2.45, 2.75) is 19.3 Å². The van der Waals surface area contributed by atoms with Gasteiger partial charge in [-0.3, -0.25) is 9.97 Å². The third-order valence-electron chi connectivity index (χ3n) is 4.79. The Labute approximate surface area is 157 Å². The van der Waals surface area contributed by atoms with Crippen molar-refractivity contribution >= 4 is 10.9 Å². The molecule has 134 valence electrons. The molecule has 4 aromatic rings. The first kappa shape index (κ1) is 17.2. The van der Waals surface area contributed by atoms with E-state index in [1.165, 1.54) is 12.1 Å². The first-order valence-electron chi connectivity index (χ1n) is 8.86. The fraction of sp³-hybridized carbons (Fsp3) is 0.130. The maximum Gasteiger partial charge on any atom is 0.145 e. The van der Waals surface area contributed by atoms with Gasteiger partial charge in [-0.15, -0.1) is 0 Å². The highest BCUT2D eigenvalue weighted by molar-refractivity contribution is 5.85. The van der Waals surface area contributed by atoms with Crippen LogP contribution in [0.1, 0.15) is 28.4 Å². The number of hydrogen-bond donors (Lipinski definition) is 1. The number of phenolic OH excluding ortho intramolecular Hbond substituents is 1. The molecule has 2 aromatic carbocycles. The predicted molar refractivity (Wildman–Crippen MR) is 104 cm³/mol. The largest absolute Gasteiger partial charge is 0.505 e. The highest BCUT2D eigenvalue weighted by atomic mass is 19.1. The first-order chi connectivity index (χ1) is 13.1. The second-order valence-corrected chi connectivity index (χ2v) is 6.66. The van der Waals surface area contributed by atoms with E-state index in [1.807, 2.05) is 49.4 Å². The number of rotatable bonds is 4. The summed E-state index contributed by atoms with van der Waals surface area (Å²) < 4.78 is 13.4. The van der Waals surface area contributed by atoms with Gasteiger partial charge in [0.2, 0.25) is 0 Å². The van der Waals surface area contributed by atoms with E-state index in [4.69, 9.17) is 0 Å². The van der Waals surface area contributed by atoms with E-state index in [2.05, 4.69) is 9.97 Å². The Morgan fingerprint density at radius 2 is 1.78 bits per heavy atom. The molecule has 0 aliphatic rings. The lowest BCUT2D eigenvalue weighted by Crippen LogP contribution is -2.08. The standard InChI is InChI=1S/C23H19FN2O/c1-15-4-2-6-19(26-15)14-21(16-7-10-18(24)11-8-16)20-12-9-17-5-3-13-25-22(17)23(20)27/h2-13,21,27H,14H2,1H3. The molecule has 1 atom stereocenters.